The van der Waals surface area contributed by atoms with Gasteiger partial charge in [0.15, 0.2) is 0 Å². The normalized spacial score (nSPS) is 12.0. The highest BCUT2D eigenvalue weighted by molar-refractivity contribution is 5.74. The molecule has 0 radical (unpaired) electrons. The molecule has 1 N–H and O–H groups in total. The van der Waals surface area contributed by atoms with Crippen molar-refractivity contribution in [2.24, 2.45) is 5.92 Å². The third kappa shape index (κ3) is 7.68. The highest BCUT2D eigenvalue weighted by Gasteiger charge is 2.08. The number of rotatable bonds is 13. The first-order valence-electron chi connectivity index (χ1n) is 14.6. The van der Waals surface area contributed by atoms with Crippen molar-refractivity contribution in [1.29, 1.82) is 0 Å². The topological polar surface area (TPSA) is 20.2 Å². The monoisotopic (exact) mass is 504 g/mol. The summed E-state index contributed by atoms with van der Waals surface area (Å²) in [6.07, 6.45) is 9.09. The van der Waals surface area contributed by atoms with Crippen molar-refractivity contribution in [3.63, 3.8) is 0 Å². The Labute approximate surface area is 230 Å². The van der Waals surface area contributed by atoms with E-state index in [9.17, 15) is 5.11 Å². The van der Waals surface area contributed by atoms with Gasteiger partial charge in [0, 0.05) is 6.61 Å². The molecule has 1 unspecified atom stereocenters. The van der Waals surface area contributed by atoms with E-state index in [1.54, 1.807) is 0 Å². The van der Waals surface area contributed by atoms with Crippen LogP contribution in [0, 0.1) is 5.92 Å². The van der Waals surface area contributed by atoms with Gasteiger partial charge in [-0.1, -0.05) is 125 Å². The maximum Gasteiger partial charge on any atom is 0.0459 e. The molecule has 4 aromatic carbocycles. The lowest BCUT2D eigenvalue weighted by molar-refractivity contribution is 0.237. The Morgan fingerprint density at radius 3 is 1.68 bits per heavy atom. The van der Waals surface area contributed by atoms with E-state index in [0.717, 1.165) is 25.7 Å². The van der Waals surface area contributed by atoms with E-state index in [-0.39, 0.29) is 6.61 Å². The molecular weight excluding hydrogens is 460 g/mol. The molecule has 0 amide bonds. The van der Waals surface area contributed by atoms with Crippen LogP contribution in [0.25, 0.3) is 22.3 Å². The fourth-order valence-electron chi connectivity index (χ4n) is 5.24. The lowest BCUT2D eigenvalue weighted by Gasteiger charge is -2.13. The Hall–Kier alpha value is -3.16. The molecule has 0 fully saturated rings. The fraction of sp³-hybridized carbons (Fsp3) is 0.351. The lowest BCUT2D eigenvalue weighted by atomic mass is 9.92. The Balaban J connectivity index is 1.38. The smallest absolute Gasteiger partial charge is 0.0459 e. The van der Waals surface area contributed by atoms with E-state index in [0.29, 0.717) is 5.92 Å². The Morgan fingerprint density at radius 2 is 1.11 bits per heavy atom. The predicted octanol–water partition coefficient (Wildman–Crippen LogP) is 9.27. The average Bonchev–Trinajstić information content (AvgIpc) is 2.97. The summed E-state index contributed by atoms with van der Waals surface area (Å²) in [4.78, 5) is 0. The van der Waals surface area contributed by atoms with E-state index < -0.39 is 0 Å². The summed E-state index contributed by atoms with van der Waals surface area (Å²) in [7, 11) is 0. The first-order valence-corrected chi connectivity index (χ1v) is 14.6. The Bertz CT molecular complexity index is 1250. The molecule has 0 aliphatic carbocycles. The number of aliphatic hydroxyl groups excluding tert-OH is 1. The Kier molecular flexibility index (Phi) is 10.4. The third-order valence-electron chi connectivity index (χ3n) is 7.73. The summed E-state index contributed by atoms with van der Waals surface area (Å²) >= 11 is 0. The molecule has 0 bridgehead atoms. The fourth-order valence-corrected chi connectivity index (χ4v) is 5.24. The van der Waals surface area contributed by atoms with Crippen LogP contribution in [0.5, 0.6) is 0 Å². The van der Waals surface area contributed by atoms with Crippen molar-refractivity contribution in [3.8, 4) is 22.3 Å². The molecule has 4 rings (SSSR count). The molecule has 0 aliphatic heterocycles. The molecule has 0 saturated heterocycles. The summed E-state index contributed by atoms with van der Waals surface area (Å²) in [5.41, 5.74) is 12.1. The molecular formula is C37H44O. The van der Waals surface area contributed by atoms with Crippen molar-refractivity contribution >= 4 is 0 Å². The molecule has 4 aromatic rings. The predicted molar refractivity (Wildman–Crippen MR) is 164 cm³/mol. The summed E-state index contributed by atoms with van der Waals surface area (Å²) < 4.78 is 0. The summed E-state index contributed by atoms with van der Waals surface area (Å²) in [6.45, 7) is 6.85. The zero-order chi connectivity index (χ0) is 26.7. The van der Waals surface area contributed by atoms with E-state index in [2.05, 4.69) is 112 Å². The van der Waals surface area contributed by atoms with Crippen LogP contribution in [0.4, 0.5) is 0 Å². The first-order chi connectivity index (χ1) is 18.6. The minimum absolute atomic E-state index is 0.245. The maximum absolute atomic E-state index is 9.28. The van der Waals surface area contributed by atoms with Gasteiger partial charge >= 0.3 is 0 Å². The minimum atomic E-state index is 0.245. The highest BCUT2D eigenvalue weighted by atomic mass is 16.3. The van der Waals surface area contributed by atoms with Crippen LogP contribution in [0.1, 0.15) is 67.9 Å². The van der Waals surface area contributed by atoms with Crippen LogP contribution in [0.2, 0.25) is 0 Å². The van der Waals surface area contributed by atoms with Gasteiger partial charge in [-0.3, -0.25) is 0 Å². The standard InChI is InChI=1S/C37H44O/c1-4-6-7-8-29-17-21-35(22-18-29)37-24-23-36(26-33(37)5-2)34-19-15-31(16-20-34)10-9-30-11-13-32(14-12-30)25-28(3)27-38/h11-24,26,28,38H,4-10,25,27H2,1-3H3. The van der Waals surface area contributed by atoms with Crippen molar-refractivity contribution < 1.29 is 5.11 Å². The third-order valence-corrected chi connectivity index (χ3v) is 7.73. The number of benzene rings is 4. The number of unbranched alkanes of at least 4 members (excludes halogenated alkanes) is 2. The van der Waals surface area contributed by atoms with Crippen LogP contribution in [-0.2, 0) is 32.1 Å². The second kappa shape index (κ2) is 14.1. The van der Waals surface area contributed by atoms with Crippen molar-refractivity contribution in [3.05, 3.63) is 119 Å². The van der Waals surface area contributed by atoms with Gasteiger partial charge in [-0.25, -0.2) is 0 Å². The number of aryl methyl sites for hydroxylation is 4. The van der Waals surface area contributed by atoms with E-state index in [1.165, 1.54) is 75.8 Å². The van der Waals surface area contributed by atoms with E-state index in [4.69, 9.17) is 0 Å². The van der Waals surface area contributed by atoms with Crippen LogP contribution < -0.4 is 0 Å². The van der Waals surface area contributed by atoms with Crippen molar-refractivity contribution in [1.82, 2.24) is 0 Å². The minimum Gasteiger partial charge on any atom is -0.396 e. The van der Waals surface area contributed by atoms with Crippen LogP contribution in [-0.4, -0.2) is 11.7 Å². The van der Waals surface area contributed by atoms with Gasteiger partial charge in [-0.15, -0.1) is 0 Å². The number of hydrogen-bond acceptors (Lipinski definition) is 1. The second-order valence-corrected chi connectivity index (χ2v) is 10.9. The van der Waals surface area contributed by atoms with Crippen LogP contribution in [0.3, 0.4) is 0 Å². The van der Waals surface area contributed by atoms with Gasteiger partial charge in [-0.05, 0) is 94.5 Å². The zero-order valence-corrected chi connectivity index (χ0v) is 23.5. The zero-order valence-electron chi connectivity index (χ0n) is 23.5. The molecule has 1 heteroatoms. The van der Waals surface area contributed by atoms with Gasteiger partial charge < -0.3 is 5.11 Å². The molecule has 0 heterocycles. The quantitative estimate of drug-likeness (QED) is 0.180. The van der Waals surface area contributed by atoms with Gasteiger partial charge in [-0.2, -0.15) is 0 Å². The molecule has 1 nitrogen and oxygen atoms in total. The average molecular weight is 505 g/mol. The largest absolute Gasteiger partial charge is 0.396 e. The molecule has 0 aromatic heterocycles. The molecule has 198 valence electrons. The van der Waals surface area contributed by atoms with Crippen LogP contribution in [0.15, 0.2) is 91.0 Å². The first kappa shape index (κ1) is 27.9. The number of hydrogen-bond donors (Lipinski definition) is 1. The summed E-state index contributed by atoms with van der Waals surface area (Å²) in [6, 6.07) is 34.2. The van der Waals surface area contributed by atoms with Gasteiger partial charge in [0.25, 0.3) is 0 Å². The maximum atomic E-state index is 9.28. The van der Waals surface area contributed by atoms with Crippen LogP contribution >= 0.6 is 0 Å². The lowest BCUT2D eigenvalue weighted by Crippen LogP contribution is -2.04. The van der Waals surface area contributed by atoms with E-state index >= 15 is 0 Å². The number of aliphatic hydroxyl groups is 1. The SMILES string of the molecule is CCCCCc1ccc(-c2ccc(-c3ccc(CCc4ccc(CC(C)CO)cc4)cc3)cc2CC)cc1. The highest BCUT2D eigenvalue weighted by Crippen LogP contribution is 2.30. The van der Waals surface area contributed by atoms with Gasteiger partial charge in [0.2, 0.25) is 0 Å². The summed E-state index contributed by atoms with van der Waals surface area (Å²) in [5, 5.41) is 9.28. The van der Waals surface area contributed by atoms with E-state index in [1.807, 2.05) is 0 Å². The van der Waals surface area contributed by atoms with Crippen molar-refractivity contribution in [2.75, 3.05) is 6.61 Å². The molecule has 0 spiro atoms. The Morgan fingerprint density at radius 1 is 0.579 bits per heavy atom. The van der Waals surface area contributed by atoms with Gasteiger partial charge in [0.05, 0.1) is 0 Å². The second-order valence-electron chi connectivity index (χ2n) is 10.9. The van der Waals surface area contributed by atoms with Gasteiger partial charge in [0.1, 0.15) is 0 Å². The summed E-state index contributed by atoms with van der Waals surface area (Å²) in [5.74, 6) is 0.315. The molecule has 0 saturated carbocycles. The molecule has 38 heavy (non-hydrogen) atoms. The molecule has 0 aliphatic rings. The van der Waals surface area contributed by atoms with Crippen molar-refractivity contribution in [2.45, 2.75) is 72.1 Å². The molecule has 1 atom stereocenters.